The smallest absolute Gasteiger partial charge is 0.275 e. The molecule has 1 amide bonds. The van der Waals surface area contributed by atoms with Gasteiger partial charge in [0.15, 0.2) is 12.3 Å². The molecule has 128 valence electrons. The number of halogens is 2. The van der Waals surface area contributed by atoms with E-state index in [0.717, 1.165) is 38.8 Å². The molecule has 0 spiro atoms. The van der Waals surface area contributed by atoms with Crippen LogP contribution in [0.4, 0.5) is 4.39 Å². The lowest BCUT2D eigenvalue weighted by molar-refractivity contribution is 0.0755. The first-order valence-corrected chi connectivity index (χ1v) is 8.33. The molecule has 1 aromatic carbocycles. The highest BCUT2D eigenvalue weighted by atomic mass is 35.5. The van der Waals surface area contributed by atoms with Crippen molar-refractivity contribution in [2.24, 2.45) is 0 Å². The Morgan fingerprint density at radius 1 is 1.29 bits per heavy atom. The molecule has 2 heterocycles. The van der Waals surface area contributed by atoms with Crippen LogP contribution >= 0.6 is 11.6 Å². The van der Waals surface area contributed by atoms with Crippen molar-refractivity contribution in [3.05, 3.63) is 46.9 Å². The first-order valence-electron chi connectivity index (χ1n) is 7.95. The molecule has 1 saturated heterocycles. The average Bonchev–Trinajstić information content (AvgIpc) is 2.87. The first kappa shape index (κ1) is 16.8. The summed E-state index contributed by atoms with van der Waals surface area (Å²) < 4.78 is 23.7. The van der Waals surface area contributed by atoms with E-state index in [4.69, 9.17) is 20.8 Å². The molecule has 0 bridgehead atoms. The van der Waals surface area contributed by atoms with Crippen molar-refractivity contribution in [1.29, 1.82) is 0 Å². The molecule has 0 unspecified atom stereocenters. The fourth-order valence-corrected chi connectivity index (χ4v) is 2.86. The van der Waals surface area contributed by atoms with Crippen LogP contribution in [0.5, 0.6) is 5.75 Å². The van der Waals surface area contributed by atoms with E-state index in [9.17, 15) is 9.18 Å². The van der Waals surface area contributed by atoms with Crippen LogP contribution in [0.2, 0.25) is 5.02 Å². The van der Waals surface area contributed by atoms with Crippen molar-refractivity contribution in [3.8, 4) is 5.75 Å². The molecule has 7 heteroatoms. The number of benzene rings is 1. The van der Waals surface area contributed by atoms with Crippen LogP contribution in [0.25, 0.3) is 0 Å². The third-order valence-electron chi connectivity index (χ3n) is 3.91. The highest BCUT2D eigenvalue weighted by Crippen LogP contribution is 2.25. The van der Waals surface area contributed by atoms with Crippen LogP contribution in [0.15, 0.2) is 28.9 Å². The third kappa shape index (κ3) is 4.06. The van der Waals surface area contributed by atoms with Crippen LogP contribution in [-0.4, -0.2) is 28.9 Å². The molecule has 1 fully saturated rings. The first-order chi connectivity index (χ1) is 11.6. The summed E-state index contributed by atoms with van der Waals surface area (Å²) in [4.78, 5) is 18.4. The average molecular weight is 353 g/mol. The second kappa shape index (κ2) is 7.66. The van der Waals surface area contributed by atoms with Gasteiger partial charge in [0.1, 0.15) is 17.8 Å². The van der Waals surface area contributed by atoms with Crippen molar-refractivity contribution in [3.63, 3.8) is 0 Å². The Kier molecular flexibility index (Phi) is 5.35. The Balaban J connectivity index is 1.61. The van der Waals surface area contributed by atoms with Crippen LogP contribution in [0, 0.1) is 5.82 Å². The zero-order valence-corrected chi connectivity index (χ0v) is 13.9. The molecule has 1 aliphatic heterocycles. The second-order valence-corrected chi connectivity index (χ2v) is 6.10. The zero-order chi connectivity index (χ0) is 16.9. The molecular weight excluding hydrogens is 335 g/mol. The van der Waals surface area contributed by atoms with Gasteiger partial charge in [0.25, 0.3) is 5.91 Å². The topological polar surface area (TPSA) is 55.6 Å². The van der Waals surface area contributed by atoms with Gasteiger partial charge >= 0.3 is 0 Å². The summed E-state index contributed by atoms with van der Waals surface area (Å²) in [5, 5.41) is 0.169. The molecule has 2 aromatic rings. The van der Waals surface area contributed by atoms with Gasteiger partial charge in [0.05, 0.1) is 5.02 Å². The molecule has 1 aromatic heterocycles. The molecule has 1 aliphatic rings. The number of ether oxygens (including phenoxy) is 1. The van der Waals surface area contributed by atoms with Crippen molar-refractivity contribution in [2.75, 3.05) is 13.1 Å². The van der Waals surface area contributed by atoms with Gasteiger partial charge in [-0.25, -0.2) is 9.37 Å². The maximum atomic E-state index is 13.0. The number of hydrogen-bond donors (Lipinski definition) is 0. The minimum absolute atomic E-state index is 0.0125. The van der Waals surface area contributed by atoms with Gasteiger partial charge < -0.3 is 14.1 Å². The van der Waals surface area contributed by atoms with Crippen LogP contribution in [0.1, 0.15) is 42.1 Å². The standard InChI is InChI=1S/C17H18ClFN2O3/c18-13-9-12(19)5-6-15(13)23-11-16-20-14(10-24-16)17(22)21-7-3-1-2-4-8-21/h5-6,9-10H,1-4,7-8,11H2. The molecule has 0 atom stereocenters. The Hall–Kier alpha value is -2.08. The summed E-state index contributed by atoms with van der Waals surface area (Å²) in [5.41, 5.74) is 0.278. The molecule has 24 heavy (non-hydrogen) atoms. The lowest BCUT2D eigenvalue weighted by atomic mass is 10.2. The molecular formula is C17H18ClFN2O3. The Morgan fingerprint density at radius 2 is 2.04 bits per heavy atom. The highest BCUT2D eigenvalue weighted by Gasteiger charge is 2.20. The number of aromatic nitrogens is 1. The van der Waals surface area contributed by atoms with E-state index in [1.54, 1.807) is 0 Å². The lowest BCUT2D eigenvalue weighted by Gasteiger charge is -2.18. The number of amides is 1. The van der Waals surface area contributed by atoms with Crippen molar-refractivity contribution < 1.29 is 18.3 Å². The summed E-state index contributed by atoms with van der Waals surface area (Å²) in [5.74, 6) is 0.0470. The van der Waals surface area contributed by atoms with Gasteiger partial charge in [-0.05, 0) is 31.0 Å². The third-order valence-corrected chi connectivity index (χ3v) is 4.20. The van der Waals surface area contributed by atoms with Crippen molar-refractivity contribution in [1.82, 2.24) is 9.88 Å². The molecule has 0 saturated carbocycles. The molecule has 0 radical (unpaired) electrons. The second-order valence-electron chi connectivity index (χ2n) is 5.70. The monoisotopic (exact) mass is 352 g/mol. The number of rotatable bonds is 4. The maximum Gasteiger partial charge on any atom is 0.275 e. The van der Waals surface area contributed by atoms with Gasteiger partial charge in [0, 0.05) is 13.1 Å². The van der Waals surface area contributed by atoms with E-state index in [-0.39, 0.29) is 29.1 Å². The molecule has 0 N–H and O–H groups in total. The lowest BCUT2D eigenvalue weighted by Crippen LogP contribution is -2.32. The summed E-state index contributed by atoms with van der Waals surface area (Å²) in [6.07, 6.45) is 5.68. The summed E-state index contributed by atoms with van der Waals surface area (Å²) in [7, 11) is 0. The summed E-state index contributed by atoms with van der Waals surface area (Å²) in [6, 6.07) is 3.86. The van der Waals surface area contributed by atoms with Gasteiger partial charge in [-0.1, -0.05) is 24.4 Å². The number of likely N-dealkylation sites (tertiary alicyclic amines) is 1. The van der Waals surface area contributed by atoms with Crippen molar-refractivity contribution in [2.45, 2.75) is 32.3 Å². The molecule has 0 aliphatic carbocycles. The van der Waals surface area contributed by atoms with Crippen LogP contribution in [0.3, 0.4) is 0 Å². The number of carbonyl (C=O) groups is 1. The highest BCUT2D eigenvalue weighted by molar-refractivity contribution is 6.32. The van der Waals surface area contributed by atoms with Crippen LogP contribution in [-0.2, 0) is 6.61 Å². The number of nitrogens with zero attached hydrogens (tertiary/aromatic N) is 2. The Labute approximate surface area is 144 Å². The van der Waals surface area contributed by atoms with E-state index in [1.807, 2.05) is 4.90 Å². The van der Waals surface area contributed by atoms with Crippen LogP contribution < -0.4 is 4.74 Å². The van der Waals surface area contributed by atoms with E-state index in [1.165, 1.54) is 24.5 Å². The van der Waals surface area contributed by atoms with Gasteiger partial charge in [-0.15, -0.1) is 0 Å². The molecule has 5 nitrogen and oxygen atoms in total. The minimum atomic E-state index is -0.436. The number of carbonyl (C=O) groups excluding carboxylic acids is 1. The predicted molar refractivity (Wildman–Crippen MR) is 86.6 cm³/mol. The van der Waals surface area contributed by atoms with Gasteiger partial charge in [-0.2, -0.15) is 0 Å². The quantitative estimate of drug-likeness (QED) is 0.832. The van der Waals surface area contributed by atoms with E-state index < -0.39 is 5.82 Å². The summed E-state index contributed by atoms with van der Waals surface area (Å²) in [6.45, 7) is 1.52. The van der Waals surface area contributed by atoms with E-state index in [2.05, 4.69) is 4.98 Å². The largest absolute Gasteiger partial charge is 0.482 e. The number of hydrogen-bond acceptors (Lipinski definition) is 4. The fraction of sp³-hybridized carbons (Fsp3) is 0.412. The van der Waals surface area contributed by atoms with Gasteiger partial charge in [0.2, 0.25) is 5.89 Å². The van der Waals surface area contributed by atoms with Gasteiger partial charge in [-0.3, -0.25) is 4.79 Å². The maximum absolute atomic E-state index is 13.0. The Morgan fingerprint density at radius 3 is 2.75 bits per heavy atom. The zero-order valence-electron chi connectivity index (χ0n) is 13.1. The SMILES string of the molecule is O=C(c1coc(COc2ccc(F)cc2Cl)n1)N1CCCCCC1. The Bertz CT molecular complexity index is 712. The summed E-state index contributed by atoms with van der Waals surface area (Å²) >= 11 is 5.89. The molecule has 3 rings (SSSR count). The fourth-order valence-electron chi connectivity index (χ4n) is 2.64. The van der Waals surface area contributed by atoms with E-state index >= 15 is 0 Å². The van der Waals surface area contributed by atoms with E-state index in [0.29, 0.717) is 5.75 Å². The predicted octanol–water partition coefficient (Wildman–Crippen LogP) is 4.06. The van der Waals surface area contributed by atoms with Crippen molar-refractivity contribution >= 4 is 17.5 Å². The number of oxazole rings is 1. The normalized spacial score (nSPS) is 15.2. The minimum Gasteiger partial charge on any atom is -0.482 e.